The van der Waals surface area contributed by atoms with Gasteiger partial charge in [0.1, 0.15) is 5.82 Å². The van der Waals surface area contributed by atoms with Gasteiger partial charge in [-0.05, 0) is 56.2 Å². The molecule has 31 heavy (non-hydrogen) atoms. The van der Waals surface area contributed by atoms with Gasteiger partial charge in [0, 0.05) is 41.8 Å². The van der Waals surface area contributed by atoms with E-state index < -0.39 is 17.6 Å². The van der Waals surface area contributed by atoms with Gasteiger partial charge in [0.2, 0.25) is 0 Å². The molecule has 2 N–H and O–H groups in total. The number of pyridine rings is 1. The molecule has 9 heteroatoms. The average Bonchev–Trinajstić information content (AvgIpc) is 3.48. The number of aromatic nitrogens is 5. The molecule has 3 aromatic rings. The van der Waals surface area contributed by atoms with E-state index in [1.54, 1.807) is 6.20 Å². The lowest BCUT2D eigenvalue weighted by molar-refractivity contribution is -0.137. The van der Waals surface area contributed by atoms with Crippen LogP contribution >= 0.6 is 0 Å². The first-order valence-corrected chi connectivity index (χ1v) is 10.7. The first-order valence-electron chi connectivity index (χ1n) is 10.7. The lowest BCUT2D eigenvalue weighted by Crippen LogP contribution is -2.31. The number of anilines is 1. The number of nitrogens with two attached hydrogens (primary N) is 1. The number of nitrogen functional groups attached to an aromatic ring is 1. The van der Waals surface area contributed by atoms with Gasteiger partial charge in [-0.2, -0.15) is 23.4 Å². The summed E-state index contributed by atoms with van der Waals surface area (Å²) < 4.78 is 44.1. The molecule has 0 amide bonds. The molecule has 3 aliphatic carbocycles. The Bertz CT molecular complexity index is 1090. The van der Waals surface area contributed by atoms with Gasteiger partial charge in [-0.25, -0.2) is 4.98 Å². The molecular formula is C22H25F3N6. The fourth-order valence-corrected chi connectivity index (χ4v) is 5.33. The molecule has 164 valence electrons. The van der Waals surface area contributed by atoms with Crippen molar-refractivity contribution in [1.29, 1.82) is 0 Å². The fraction of sp³-hybridized carbons (Fsp3) is 0.500. The van der Waals surface area contributed by atoms with Crippen LogP contribution in [0, 0.1) is 11.8 Å². The third kappa shape index (κ3) is 3.21. The van der Waals surface area contributed by atoms with Crippen LogP contribution in [0.25, 0.3) is 11.3 Å². The number of hydrogen-bond acceptors (Lipinski definition) is 4. The molecule has 0 aromatic carbocycles. The van der Waals surface area contributed by atoms with Crippen LogP contribution in [0.1, 0.15) is 62.4 Å². The number of fused-ring (bicyclic) bond motifs is 1. The summed E-state index contributed by atoms with van der Waals surface area (Å²) in [4.78, 5) is 3.79. The van der Waals surface area contributed by atoms with E-state index in [0.717, 1.165) is 31.0 Å². The van der Waals surface area contributed by atoms with E-state index in [1.807, 2.05) is 23.0 Å². The van der Waals surface area contributed by atoms with Crippen molar-refractivity contribution in [2.45, 2.75) is 57.3 Å². The number of halogens is 3. The number of alkyl halides is 3. The Morgan fingerprint density at radius 3 is 2.74 bits per heavy atom. The van der Waals surface area contributed by atoms with Crippen LogP contribution in [0.2, 0.25) is 0 Å². The summed E-state index contributed by atoms with van der Waals surface area (Å²) in [5, 5.41) is 9.18. The number of hydrogen-bond donors (Lipinski definition) is 1. The molecular weight excluding hydrogens is 405 g/mol. The predicted molar refractivity (Wildman–Crippen MR) is 110 cm³/mol. The Morgan fingerprint density at radius 2 is 2.06 bits per heavy atom. The molecule has 3 saturated carbocycles. The Morgan fingerprint density at radius 1 is 1.26 bits per heavy atom. The maximum atomic E-state index is 13.3. The predicted octanol–water partition coefficient (Wildman–Crippen LogP) is 5.08. The van der Waals surface area contributed by atoms with Gasteiger partial charge >= 0.3 is 6.18 Å². The highest BCUT2D eigenvalue weighted by molar-refractivity contribution is 5.63. The first-order chi connectivity index (χ1) is 14.8. The molecule has 3 unspecified atom stereocenters. The zero-order valence-electron chi connectivity index (χ0n) is 17.4. The summed E-state index contributed by atoms with van der Waals surface area (Å²) in [6.07, 6.45) is 3.74. The van der Waals surface area contributed by atoms with Crippen molar-refractivity contribution in [3.8, 4) is 11.3 Å². The molecule has 6 nitrogen and oxygen atoms in total. The largest absolute Gasteiger partial charge is 0.419 e. The fourth-order valence-electron chi connectivity index (χ4n) is 5.33. The quantitative estimate of drug-likeness (QED) is 0.613. The van der Waals surface area contributed by atoms with E-state index in [-0.39, 0.29) is 6.04 Å². The molecule has 0 spiro atoms. The zero-order valence-corrected chi connectivity index (χ0v) is 17.4. The van der Waals surface area contributed by atoms with Crippen LogP contribution in [-0.2, 0) is 6.18 Å². The minimum Gasteiger partial charge on any atom is -0.383 e. The lowest BCUT2D eigenvalue weighted by Gasteiger charge is -2.37. The minimum absolute atomic E-state index is 0.149. The van der Waals surface area contributed by atoms with E-state index in [1.165, 1.54) is 6.20 Å². The second kappa shape index (κ2) is 7.10. The molecule has 2 bridgehead atoms. The average molecular weight is 430 g/mol. The summed E-state index contributed by atoms with van der Waals surface area (Å²) >= 11 is 0. The molecule has 6 rings (SSSR count). The third-order valence-electron chi connectivity index (χ3n) is 7.08. The Hall–Kier alpha value is -2.84. The Kier molecular flexibility index (Phi) is 4.60. The SMILES string of the molecule is CCC(C)n1nc(-c2cnc(N)c(C(F)(F)F)c2)cc1[C@@H]1C2C[C@H]1CC2n1cccn1. The van der Waals surface area contributed by atoms with Crippen molar-refractivity contribution in [1.82, 2.24) is 24.5 Å². The minimum atomic E-state index is -4.56. The van der Waals surface area contributed by atoms with Crippen molar-refractivity contribution in [2.75, 3.05) is 5.73 Å². The summed E-state index contributed by atoms with van der Waals surface area (Å²) in [6.45, 7) is 4.18. The van der Waals surface area contributed by atoms with E-state index in [0.29, 0.717) is 35.1 Å². The summed E-state index contributed by atoms with van der Waals surface area (Å²) in [6, 6.07) is 5.46. The standard InChI is InChI=1S/C22H25F3N6/c1-3-12(2)31-19(20-13-7-15(20)18(9-13)30-6-4-5-28-30)10-17(29-31)14-8-16(22(23,24)25)21(26)27-11-14/h4-6,8,10-13,15,18,20H,3,7,9H2,1-2H3,(H2,26,27)/t12?,13-,15?,18?,20-/m0/s1. The maximum absolute atomic E-state index is 13.3. The molecule has 0 aliphatic heterocycles. The van der Waals surface area contributed by atoms with Crippen LogP contribution < -0.4 is 5.73 Å². The molecule has 3 fully saturated rings. The molecule has 3 aliphatic rings. The Labute approximate surface area is 178 Å². The van der Waals surface area contributed by atoms with Gasteiger partial charge in [-0.15, -0.1) is 0 Å². The summed E-state index contributed by atoms with van der Waals surface area (Å²) in [5.74, 6) is 0.833. The van der Waals surface area contributed by atoms with Gasteiger partial charge in [0.05, 0.1) is 17.3 Å². The van der Waals surface area contributed by atoms with Crippen LogP contribution in [0.15, 0.2) is 36.8 Å². The maximum Gasteiger partial charge on any atom is 0.419 e. The molecule has 0 saturated heterocycles. The normalized spacial score (nSPS) is 26.1. The molecule has 3 aromatic heterocycles. The molecule has 3 heterocycles. The van der Waals surface area contributed by atoms with Crippen molar-refractivity contribution < 1.29 is 13.2 Å². The Balaban J connectivity index is 1.53. The van der Waals surface area contributed by atoms with Crippen molar-refractivity contribution in [2.24, 2.45) is 11.8 Å². The van der Waals surface area contributed by atoms with Crippen LogP contribution in [0.4, 0.5) is 19.0 Å². The smallest absolute Gasteiger partial charge is 0.383 e. The van der Waals surface area contributed by atoms with Crippen LogP contribution in [0.5, 0.6) is 0 Å². The topological polar surface area (TPSA) is 74.6 Å². The summed E-state index contributed by atoms with van der Waals surface area (Å²) in [7, 11) is 0. The highest BCUT2D eigenvalue weighted by Crippen LogP contribution is 2.63. The highest BCUT2D eigenvalue weighted by Gasteiger charge is 2.55. The van der Waals surface area contributed by atoms with Crippen LogP contribution in [-0.4, -0.2) is 24.5 Å². The van der Waals surface area contributed by atoms with Gasteiger partial charge in [-0.3, -0.25) is 9.36 Å². The van der Waals surface area contributed by atoms with E-state index >= 15 is 0 Å². The van der Waals surface area contributed by atoms with E-state index in [9.17, 15) is 13.2 Å². The number of rotatable bonds is 5. The van der Waals surface area contributed by atoms with Gasteiger partial charge in [-0.1, -0.05) is 6.92 Å². The van der Waals surface area contributed by atoms with Crippen LogP contribution in [0.3, 0.4) is 0 Å². The molecule has 5 atom stereocenters. The summed E-state index contributed by atoms with van der Waals surface area (Å²) in [5.41, 5.74) is 6.50. The number of nitrogens with zero attached hydrogens (tertiary/aromatic N) is 5. The van der Waals surface area contributed by atoms with Gasteiger partial charge in [0.25, 0.3) is 0 Å². The monoisotopic (exact) mass is 430 g/mol. The van der Waals surface area contributed by atoms with E-state index in [2.05, 4.69) is 28.6 Å². The van der Waals surface area contributed by atoms with Crippen molar-refractivity contribution in [3.63, 3.8) is 0 Å². The second-order valence-electron chi connectivity index (χ2n) is 8.79. The van der Waals surface area contributed by atoms with Crippen molar-refractivity contribution in [3.05, 3.63) is 48.0 Å². The third-order valence-corrected chi connectivity index (χ3v) is 7.08. The first kappa shape index (κ1) is 20.1. The zero-order chi connectivity index (χ0) is 21.9. The molecule has 0 radical (unpaired) electrons. The van der Waals surface area contributed by atoms with Crippen molar-refractivity contribution >= 4 is 5.82 Å². The highest BCUT2D eigenvalue weighted by atomic mass is 19.4. The van der Waals surface area contributed by atoms with Gasteiger partial charge < -0.3 is 5.73 Å². The van der Waals surface area contributed by atoms with E-state index in [4.69, 9.17) is 10.8 Å². The van der Waals surface area contributed by atoms with Gasteiger partial charge in [0.15, 0.2) is 0 Å². The lowest BCUT2D eigenvalue weighted by atomic mass is 9.70. The second-order valence-corrected chi connectivity index (χ2v) is 8.79.